The Labute approximate surface area is 137 Å². The number of carbonyl (C=O) groups is 2. The van der Waals surface area contributed by atoms with Gasteiger partial charge in [0.05, 0.1) is 5.92 Å². The summed E-state index contributed by atoms with van der Waals surface area (Å²) in [6, 6.07) is 0. The van der Waals surface area contributed by atoms with Crippen molar-refractivity contribution in [2.75, 3.05) is 0 Å². The Hall–Kier alpha value is -1.84. The molecule has 0 N–H and O–H groups in total. The first-order valence-corrected chi connectivity index (χ1v) is 8.31. The van der Waals surface area contributed by atoms with Gasteiger partial charge in [-0.25, -0.2) is 9.59 Å². The highest BCUT2D eigenvalue weighted by atomic mass is 16.6. The van der Waals surface area contributed by atoms with Gasteiger partial charge in [0.15, 0.2) is 0 Å². The van der Waals surface area contributed by atoms with E-state index in [1.807, 2.05) is 6.92 Å². The predicted molar refractivity (Wildman–Crippen MR) is 86.5 cm³/mol. The van der Waals surface area contributed by atoms with Crippen LogP contribution in [-0.2, 0) is 19.1 Å². The molecule has 3 aliphatic rings. The zero-order valence-electron chi connectivity index (χ0n) is 14.1. The number of ether oxygens (including phenoxy) is 2. The zero-order chi connectivity index (χ0) is 16.8. The first-order valence-electron chi connectivity index (χ1n) is 8.31. The summed E-state index contributed by atoms with van der Waals surface area (Å²) < 4.78 is 11.5. The third-order valence-corrected chi connectivity index (χ3v) is 5.62. The van der Waals surface area contributed by atoms with E-state index in [4.69, 9.17) is 9.47 Å². The molecule has 0 spiro atoms. The first kappa shape index (κ1) is 16.0. The van der Waals surface area contributed by atoms with Gasteiger partial charge in [-0.3, -0.25) is 0 Å². The van der Waals surface area contributed by atoms with Crippen LogP contribution >= 0.6 is 0 Å². The number of carbonyl (C=O) groups excluding carboxylic acids is 2. The van der Waals surface area contributed by atoms with E-state index in [9.17, 15) is 9.59 Å². The molecule has 0 aromatic carbocycles. The Kier molecular flexibility index (Phi) is 3.95. The predicted octanol–water partition coefficient (Wildman–Crippen LogP) is 3.48. The van der Waals surface area contributed by atoms with Crippen LogP contribution in [0.2, 0.25) is 0 Å². The molecule has 1 heterocycles. The fourth-order valence-electron chi connectivity index (χ4n) is 4.40. The van der Waals surface area contributed by atoms with Gasteiger partial charge >= 0.3 is 11.9 Å². The normalized spacial score (nSPS) is 36.7. The van der Waals surface area contributed by atoms with Gasteiger partial charge < -0.3 is 9.47 Å². The smallest absolute Gasteiger partial charge is 0.334 e. The van der Waals surface area contributed by atoms with Gasteiger partial charge in [-0.05, 0) is 46.5 Å². The summed E-state index contributed by atoms with van der Waals surface area (Å²) in [6.45, 7) is 9.83. The van der Waals surface area contributed by atoms with Crippen LogP contribution in [0.3, 0.4) is 0 Å². The van der Waals surface area contributed by atoms with Crippen molar-refractivity contribution in [3.05, 3.63) is 35.5 Å². The van der Waals surface area contributed by atoms with E-state index in [-0.39, 0.29) is 29.9 Å². The summed E-state index contributed by atoms with van der Waals surface area (Å²) >= 11 is 0. The fraction of sp³-hybridized carbons (Fsp3) is 0.579. The van der Waals surface area contributed by atoms with E-state index in [1.165, 1.54) is 17.2 Å². The molecule has 0 amide bonds. The van der Waals surface area contributed by atoms with E-state index >= 15 is 0 Å². The molecule has 4 heteroatoms. The third-order valence-electron chi connectivity index (χ3n) is 5.62. The lowest BCUT2D eigenvalue weighted by atomic mass is 9.79. The number of hydrogen-bond acceptors (Lipinski definition) is 4. The van der Waals surface area contributed by atoms with Crippen LogP contribution in [-0.4, -0.2) is 23.6 Å². The highest BCUT2D eigenvalue weighted by Gasteiger charge is 2.56. The standard InChI is InChI=1S/C19H24O4/c1-5-6-15(20)23-19(4)10-9-13-11(2)7-8-14-12(3)18(21)22-17(14)16(13)19/h5-6,14,16-17H,3,7-10H2,1-2,4H3/b6-5+/t14-,16-,17-,19+/m0/s1. The van der Waals surface area contributed by atoms with Crippen LogP contribution in [0.1, 0.15) is 46.5 Å². The number of fused-ring (bicyclic) bond motifs is 3. The van der Waals surface area contributed by atoms with Crippen molar-refractivity contribution in [2.24, 2.45) is 11.8 Å². The average Bonchev–Trinajstić information content (AvgIpc) is 2.89. The second-order valence-corrected chi connectivity index (χ2v) is 7.06. The Bertz CT molecular complexity index is 627. The summed E-state index contributed by atoms with van der Waals surface area (Å²) in [5.74, 6) is -0.670. The van der Waals surface area contributed by atoms with Gasteiger partial charge in [-0.15, -0.1) is 0 Å². The minimum absolute atomic E-state index is 0.0257. The van der Waals surface area contributed by atoms with Crippen molar-refractivity contribution in [2.45, 2.75) is 58.2 Å². The SMILES string of the molecule is C=C1C(=O)O[C@H]2[C@H]1CCC(C)=C1CC[C@@](C)(OC(=O)/C=C/C)[C@@H]12. The van der Waals surface area contributed by atoms with Crippen molar-refractivity contribution >= 4 is 11.9 Å². The molecular formula is C19H24O4. The van der Waals surface area contributed by atoms with Crippen LogP contribution in [0.4, 0.5) is 0 Å². The van der Waals surface area contributed by atoms with E-state index in [1.54, 1.807) is 13.0 Å². The molecule has 4 nitrogen and oxygen atoms in total. The molecule has 0 unspecified atom stereocenters. The molecule has 124 valence electrons. The Morgan fingerprint density at radius 2 is 2.17 bits per heavy atom. The molecule has 0 bridgehead atoms. The molecule has 1 aliphatic heterocycles. The highest BCUT2D eigenvalue weighted by molar-refractivity contribution is 5.91. The van der Waals surface area contributed by atoms with Crippen LogP contribution in [0, 0.1) is 11.8 Å². The highest BCUT2D eigenvalue weighted by Crippen LogP contribution is 2.53. The number of hydrogen-bond donors (Lipinski definition) is 0. The summed E-state index contributed by atoms with van der Waals surface area (Å²) in [4.78, 5) is 24.0. The lowest BCUT2D eigenvalue weighted by molar-refractivity contribution is -0.161. The van der Waals surface area contributed by atoms with E-state index in [2.05, 4.69) is 13.5 Å². The van der Waals surface area contributed by atoms with Gasteiger partial charge in [0.2, 0.25) is 0 Å². The monoisotopic (exact) mass is 316 g/mol. The van der Waals surface area contributed by atoms with E-state index < -0.39 is 5.60 Å². The van der Waals surface area contributed by atoms with Gasteiger partial charge in [-0.1, -0.05) is 23.8 Å². The molecule has 0 radical (unpaired) electrons. The summed E-state index contributed by atoms with van der Waals surface area (Å²) in [5.41, 5.74) is 2.58. The molecule has 0 aromatic rings. The van der Waals surface area contributed by atoms with Gasteiger partial charge in [0.25, 0.3) is 0 Å². The maximum absolute atomic E-state index is 12.0. The molecule has 2 fully saturated rings. The molecule has 1 saturated carbocycles. The zero-order valence-corrected chi connectivity index (χ0v) is 14.1. The minimum atomic E-state index is -0.634. The molecule has 4 atom stereocenters. The van der Waals surface area contributed by atoms with Gasteiger partial charge in [-0.2, -0.15) is 0 Å². The van der Waals surface area contributed by atoms with Crippen LogP contribution in [0.25, 0.3) is 0 Å². The lowest BCUT2D eigenvalue weighted by Gasteiger charge is -2.35. The van der Waals surface area contributed by atoms with E-state index in [0.29, 0.717) is 5.57 Å². The quantitative estimate of drug-likeness (QED) is 0.444. The minimum Gasteiger partial charge on any atom is -0.458 e. The average molecular weight is 316 g/mol. The second kappa shape index (κ2) is 5.66. The number of rotatable bonds is 2. The molecule has 2 aliphatic carbocycles. The molecular weight excluding hydrogens is 292 g/mol. The van der Waals surface area contributed by atoms with Crippen LogP contribution in [0.5, 0.6) is 0 Å². The first-order chi connectivity index (χ1) is 10.9. The van der Waals surface area contributed by atoms with Crippen molar-refractivity contribution in [3.8, 4) is 0 Å². The number of allylic oxidation sites excluding steroid dienone is 2. The van der Waals surface area contributed by atoms with Crippen LogP contribution in [0.15, 0.2) is 35.5 Å². The maximum Gasteiger partial charge on any atom is 0.334 e. The fourth-order valence-corrected chi connectivity index (χ4v) is 4.40. The molecule has 23 heavy (non-hydrogen) atoms. The largest absolute Gasteiger partial charge is 0.458 e. The van der Waals surface area contributed by atoms with Crippen molar-refractivity contribution in [3.63, 3.8) is 0 Å². The van der Waals surface area contributed by atoms with Crippen molar-refractivity contribution in [1.82, 2.24) is 0 Å². The van der Waals surface area contributed by atoms with E-state index in [0.717, 1.165) is 25.7 Å². The molecule has 0 aromatic heterocycles. The van der Waals surface area contributed by atoms with Gasteiger partial charge in [0.1, 0.15) is 11.7 Å². The molecule has 3 rings (SSSR count). The topological polar surface area (TPSA) is 52.6 Å². The summed E-state index contributed by atoms with van der Waals surface area (Å²) in [7, 11) is 0. The Morgan fingerprint density at radius 1 is 1.43 bits per heavy atom. The number of esters is 2. The van der Waals surface area contributed by atoms with Crippen LogP contribution < -0.4 is 0 Å². The summed E-state index contributed by atoms with van der Waals surface area (Å²) in [5, 5.41) is 0. The lowest BCUT2D eigenvalue weighted by Crippen LogP contribution is -2.43. The van der Waals surface area contributed by atoms with Gasteiger partial charge in [0, 0.05) is 17.6 Å². The summed E-state index contributed by atoms with van der Waals surface area (Å²) in [6.07, 6.45) is 6.34. The Balaban J connectivity index is 1.99. The van der Waals surface area contributed by atoms with Crippen molar-refractivity contribution < 1.29 is 19.1 Å². The molecule has 1 saturated heterocycles. The maximum atomic E-state index is 12.0. The second-order valence-electron chi connectivity index (χ2n) is 7.06. The third kappa shape index (κ3) is 2.54. The Morgan fingerprint density at radius 3 is 2.87 bits per heavy atom. The van der Waals surface area contributed by atoms with Crippen molar-refractivity contribution in [1.29, 1.82) is 0 Å².